The number of hydrogen-bond acceptors (Lipinski definition) is 0. The molecule has 0 aromatic carbocycles. The first-order chi connectivity index (χ1) is 6.68. The highest BCUT2D eigenvalue weighted by atomic mass is 13.9. The van der Waals surface area contributed by atoms with Gasteiger partial charge in [0.2, 0.25) is 0 Å². The molecule has 0 atom stereocenters. The van der Waals surface area contributed by atoms with Crippen molar-refractivity contribution in [3.05, 3.63) is 50.1 Å². The molecule has 0 heteroatoms. The molecule has 0 aromatic rings. The molecule has 0 N–H and O–H groups in total. The highest BCUT2D eigenvalue weighted by molar-refractivity contribution is 4.94. The Balaban J connectivity index is 0. The van der Waals surface area contributed by atoms with Crippen molar-refractivity contribution < 1.29 is 0 Å². The number of allylic oxidation sites excluding steroid dienone is 4. The van der Waals surface area contributed by atoms with Crippen LogP contribution in [0.5, 0.6) is 0 Å². The van der Waals surface area contributed by atoms with Crippen LogP contribution in [0.1, 0.15) is 39.0 Å². The van der Waals surface area contributed by atoms with E-state index in [0.717, 1.165) is 19.3 Å². The maximum atomic E-state index is 3.67. The molecule has 0 amide bonds. The Morgan fingerprint density at radius 1 is 0.929 bits per heavy atom. The number of unbranched alkanes of at least 4 members (excludes halogenated alkanes) is 3. The van der Waals surface area contributed by atoms with Crippen LogP contribution in [0.25, 0.3) is 0 Å². The van der Waals surface area contributed by atoms with E-state index in [0.29, 0.717) is 0 Å². The number of hydrogen-bond donors (Lipinski definition) is 0. The maximum Gasteiger partial charge on any atom is -0.0147 e. The van der Waals surface area contributed by atoms with Crippen LogP contribution in [0.2, 0.25) is 0 Å². The molecule has 0 aliphatic carbocycles. The van der Waals surface area contributed by atoms with Gasteiger partial charge in [-0.05, 0) is 39.0 Å². The smallest absolute Gasteiger partial charge is 0.0147 e. The predicted octanol–water partition coefficient (Wildman–Crippen LogP) is 5.06. The minimum absolute atomic E-state index is 0.944. The van der Waals surface area contributed by atoms with Gasteiger partial charge in [-0.15, -0.1) is 19.7 Å². The molecule has 14 heavy (non-hydrogen) atoms. The third kappa shape index (κ3) is 22.4. The average Bonchev–Trinajstić information content (AvgIpc) is 2.13. The quantitative estimate of drug-likeness (QED) is 0.391. The van der Waals surface area contributed by atoms with Crippen molar-refractivity contribution in [2.75, 3.05) is 0 Å². The van der Waals surface area contributed by atoms with Gasteiger partial charge in [-0.1, -0.05) is 30.4 Å². The fourth-order valence-electron chi connectivity index (χ4n) is 0.824. The van der Waals surface area contributed by atoms with Gasteiger partial charge in [0.05, 0.1) is 0 Å². The van der Waals surface area contributed by atoms with Gasteiger partial charge in [0, 0.05) is 0 Å². The third-order valence-corrected chi connectivity index (χ3v) is 1.56. The largest absolute Gasteiger partial charge is 0.103 e. The van der Waals surface area contributed by atoms with Gasteiger partial charge in [-0.25, -0.2) is 0 Å². The molecule has 0 bridgehead atoms. The zero-order valence-corrected chi connectivity index (χ0v) is 9.60. The maximum absolute atomic E-state index is 3.67. The molecule has 0 saturated carbocycles. The van der Waals surface area contributed by atoms with Gasteiger partial charge < -0.3 is 0 Å². The summed E-state index contributed by atoms with van der Waals surface area (Å²) in [7, 11) is 0. The van der Waals surface area contributed by atoms with E-state index < -0.39 is 0 Å². The Labute approximate surface area is 89.7 Å². The minimum Gasteiger partial charge on any atom is -0.103 e. The van der Waals surface area contributed by atoms with Crippen molar-refractivity contribution in [2.24, 2.45) is 0 Å². The lowest BCUT2D eigenvalue weighted by Gasteiger charge is -1.89. The first-order valence-electron chi connectivity index (χ1n) is 5.16. The summed E-state index contributed by atoms with van der Waals surface area (Å²) in [5.41, 5.74) is 1.17. The van der Waals surface area contributed by atoms with Gasteiger partial charge in [-0.2, -0.15) is 0 Å². The van der Waals surface area contributed by atoms with Crippen molar-refractivity contribution in [1.82, 2.24) is 0 Å². The second kappa shape index (κ2) is 14.5. The van der Waals surface area contributed by atoms with Crippen LogP contribution in [-0.2, 0) is 0 Å². The Kier molecular flexibility index (Phi) is 16.0. The molecular formula is C14H24. The van der Waals surface area contributed by atoms with E-state index in [9.17, 15) is 0 Å². The van der Waals surface area contributed by atoms with Crippen molar-refractivity contribution in [3.63, 3.8) is 0 Å². The van der Waals surface area contributed by atoms with Gasteiger partial charge in [0.15, 0.2) is 0 Å². The minimum atomic E-state index is 0.944. The Morgan fingerprint density at radius 3 is 1.50 bits per heavy atom. The van der Waals surface area contributed by atoms with E-state index in [4.69, 9.17) is 0 Å². The van der Waals surface area contributed by atoms with E-state index in [1.165, 1.54) is 18.4 Å². The van der Waals surface area contributed by atoms with E-state index in [-0.39, 0.29) is 0 Å². The molecule has 0 unspecified atom stereocenters. The van der Waals surface area contributed by atoms with Crippen LogP contribution in [0.4, 0.5) is 0 Å². The Hall–Kier alpha value is -1.04. The van der Waals surface area contributed by atoms with Crippen molar-refractivity contribution in [3.8, 4) is 0 Å². The van der Waals surface area contributed by atoms with Gasteiger partial charge in [0.1, 0.15) is 0 Å². The third-order valence-electron chi connectivity index (χ3n) is 1.56. The average molecular weight is 192 g/mol. The van der Waals surface area contributed by atoms with Crippen LogP contribution < -0.4 is 0 Å². The van der Waals surface area contributed by atoms with Gasteiger partial charge >= 0.3 is 0 Å². The molecule has 0 nitrogen and oxygen atoms in total. The molecule has 0 rings (SSSR count). The topological polar surface area (TPSA) is 0 Å². The Bertz CT molecular complexity index is 153. The summed E-state index contributed by atoms with van der Waals surface area (Å²) in [6.07, 6.45) is 11.5. The van der Waals surface area contributed by atoms with E-state index >= 15 is 0 Å². The molecule has 0 radical (unpaired) electrons. The van der Waals surface area contributed by atoms with Crippen molar-refractivity contribution in [2.45, 2.75) is 39.0 Å². The van der Waals surface area contributed by atoms with E-state index in [1.807, 2.05) is 25.2 Å². The SMILES string of the molecule is C=CCC(=C)C.C=CCCCCC=C. The fraction of sp³-hybridized carbons (Fsp3) is 0.429. The normalized spacial score (nSPS) is 8.07. The van der Waals surface area contributed by atoms with E-state index in [1.54, 1.807) is 0 Å². The second-order valence-electron chi connectivity index (χ2n) is 3.31. The van der Waals surface area contributed by atoms with Crippen LogP contribution in [0.3, 0.4) is 0 Å². The van der Waals surface area contributed by atoms with Crippen LogP contribution >= 0.6 is 0 Å². The van der Waals surface area contributed by atoms with Crippen LogP contribution in [0, 0.1) is 0 Å². The van der Waals surface area contributed by atoms with Crippen LogP contribution in [-0.4, -0.2) is 0 Å². The van der Waals surface area contributed by atoms with Crippen molar-refractivity contribution >= 4 is 0 Å². The monoisotopic (exact) mass is 192 g/mol. The molecule has 0 spiro atoms. The predicted molar refractivity (Wildman–Crippen MR) is 68.5 cm³/mol. The molecule has 0 fully saturated rings. The molecular weight excluding hydrogens is 168 g/mol. The summed E-state index contributed by atoms with van der Waals surface area (Å²) in [5.74, 6) is 0. The highest BCUT2D eigenvalue weighted by Crippen LogP contribution is 1.99. The summed E-state index contributed by atoms with van der Waals surface area (Å²) in [6.45, 7) is 16.5. The molecule has 80 valence electrons. The first-order valence-corrected chi connectivity index (χ1v) is 5.16. The summed E-state index contributed by atoms with van der Waals surface area (Å²) >= 11 is 0. The molecule has 0 aliphatic rings. The molecule has 0 saturated heterocycles. The molecule has 0 heterocycles. The Morgan fingerprint density at radius 2 is 1.36 bits per heavy atom. The lowest BCUT2D eigenvalue weighted by Crippen LogP contribution is -1.69. The summed E-state index contributed by atoms with van der Waals surface area (Å²) < 4.78 is 0. The summed E-state index contributed by atoms with van der Waals surface area (Å²) in [5, 5.41) is 0. The van der Waals surface area contributed by atoms with Crippen LogP contribution in [0.15, 0.2) is 50.1 Å². The lowest BCUT2D eigenvalue weighted by molar-refractivity contribution is 0.764. The zero-order valence-electron chi connectivity index (χ0n) is 9.60. The van der Waals surface area contributed by atoms with Crippen molar-refractivity contribution in [1.29, 1.82) is 0 Å². The standard InChI is InChI=1S/C8H14.C6H10/c1-3-5-7-8-6-4-2;1-4-5-6(2)3/h3-4H,1-2,5-8H2;4H,1-2,5H2,3H3. The van der Waals surface area contributed by atoms with E-state index in [2.05, 4.69) is 26.3 Å². The lowest BCUT2D eigenvalue weighted by atomic mass is 10.2. The molecule has 0 aliphatic heterocycles. The second-order valence-corrected chi connectivity index (χ2v) is 3.31. The summed E-state index contributed by atoms with van der Waals surface area (Å²) in [4.78, 5) is 0. The van der Waals surface area contributed by atoms with Gasteiger partial charge in [0.25, 0.3) is 0 Å². The summed E-state index contributed by atoms with van der Waals surface area (Å²) in [6, 6.07) is 0. The molecule has 0 aromatic heterocycles. The zero-order chi connectivity index (χ0) is 11.2. The number of rotatable bonds is 7. The fourth-order valence-corrected chi connectivity index (χ4v) is 0.824. The first kappa shape index (κ1) is 15.4. The van der Waals surface area contributed by atoms with Gasteiger partial charge in [-0.3, -0.25) is 0 Å². The highest BCUT2D eigenvalue weighted by Gasteiger charge is 1.79.